The van der Waals surface area contributed by atoms with E-state index in [0.29, 0.717) is 23.7 Å². The molecule has 1 amide bonds. The molecule has 26 heavy (non-hydrogen) atoms. The summed E-state index contributed by atoms with van der Waals surface area (Å²) in [7, 11) is 1.78. The number of nitrogens with zero attached hydrogens (tertiary/aromatic N) is 3. The summed E-state index contributed by atoms with van der Waals surface area (Å²) < 4.78 is 0. The van der Waals surface area contributed by atoms with Gasteiger partial charge in [-0.2, -0.15) is 10.3 Å². The molecule has 0 bridgehead atoms. The molecule has 1 aliphatic heterocycles. The highest BCUT2D eigenvalue weighted by Gasteiger charge is 2.51. The van der Waals surface area contributed by atoms with Gasteiger partial charge in [0.1, 0.15) is 11.3 Å². The molecule has 1 fully saturated rings. The highest BCUT2D eigenvalue weighted by molar-refractivity contribution is 6.14. The lowest BCUT2D eigenvalue weighted by Crippen LogP contribution is -2.42. The van der Waals surface area contributed by atoms with Crippen molar-refractivity contribution >= 4 is 11.7 Å². The number of pyridine rings is 1. The average molecular weight is 342 g/mol. The van der Waals surface area contributed by atoms with E-state index in [1.54, 1.807) is 7.05 Å². The standard InChI is InChI=1S/C21H18N4O/c1-23-19-15-11-24-18(12-5-6-12)9-17(15)21(20(26)25-19)8-7-14-13(10-22)3-2-4-16(14)21/h2-4,9,11-12H,5-8H2,1H3,(H,23,25,26). The predicted molar refractivity (Wildman–Crippen MR) is 97.1 cm³/mol. The number of benzene rings is 1. The Morgan fingerprint density at radius 1 is 1.31 bits per heavy atom. The number of fused-ring (bicyclic) bond motifs is 4. The van der Waals surface area contributed by atoms with Gasteiger partial charge in [-0.1, -0.05) is 12.1 Å². The Bertz CT molecular complexity index is 1030. The number of carbonyl (C=O) groups is 1. The monoisotopic (exact) mass is 342 g/mol. The van der Waals surface area contributed by atoms with Crippen LogP contribution in [0.3, 0.4) is 0 Å². The lowest BCUT2D eigenvalue weighted by Gasteiger charge is -2.33. The topological polar surface area (TPSA) is 78.1 Å². The second kappa shape index (κ2) is 5.25. The Labute approximate surface area is 151 Å². The van der Waals surface area contributed by atoms with Crippen molar-refractivity contribution in [2.45, 2.75) is 37.0 Å². The van der Waals surface area contributed by atoms with Crippen LogP contribution >= 0.6 is 0 Å². The molecule has 2 heterocycles. The van der Waals surface area contributed by atoms with Gasteiger partial charge in [0.05, 0.1) is 11.6 Å². The van der Waals surface area contributed by atoms with Gasteiger partial charge in [-0.3, -0.25) is 9.78 Å². The fraction of sp³-hybridized carbons (Fsp3) is 0.333. The van der Waals surface area contributed by atoms with Gasteiger partial charge in [0, 0.05) is 30.4 Å². The SMILES string of the molecule is CNC1=NC(=O)C2(CCc3c(C#N)cccc32)c2cc(C3CC3)ncc21. The number of nitriles is 1. The van der Waals surface area contributed by atoms with Gasteiger partial charge in [0.15, 0.2) is 0 Å². The summed E-state index contributed by atoms with van der Waals surface area (Å²) in [5.74, 6) is 0.946. The fourth-order valence-electron chi connectivity index (χ4n) is 4.49. The number of carbonyl (C=O) groups excluding carboxylic acids is 1. The molecular formula is C21H18N4O. The van der Waals surface area contributed by atoms with E-state index in [1.807, 2.05) is 24.4 Å². The van der Waals surface area contributed by atoms with Gasteiger partial charge in [-0.15, -0.1) is 0 Å². The van der Waals surface area contributed by atoms with Crippen LogP contribution < -0.4 is 5.32 Å². The third-order valence-corrected chi connectivity index (χ3v) is 5.96. The molecule has 1 aromatic carbocycles. The molecule has 128 valence electrons. The van der Waals surface area contributed by atoms with Crippen LogP contribution in [0.25, 0.3) is 0 Å². The molecule has 1 N–H and O–H groups in total. The lowest BCUT2D eigenvalue weighted by molar-refractivity contribution is -0.122. The van der Waals surface area contributed by atoms with Gasteiger partial charge in [0.2, 0.25) is 0 Å². The van der Waals surface area contributed by atoms with Crippen LogP contribution in [0.2, 0.25) is 0 Å². The molecule has 1 spiro atoms. The van der Waals surface area contributed by atoms with E-state index < -0.39 is 5.41 Å². The third-order valence-electron chi connectivity index (χ3n) is 5.96. The normalized spacial score (nSPS) is 23.2. The average Bonchev–Trinajstić information content (AvgIpc) is 3.45. The summed E-state index contributed by atoms with van der Waals surface area (Å²) >= 11 is 0. The molecular weight excluding hydrogens is 324 g/mol. The predicted octanol–water partition coefficient (Wildman–Crippen LogP) is 2.57. The van der Waals surface area contributed by atoms with Crippen LogP contribution in [0.4, 0.5) is 0 Å². The molecule has 5 rings (SSSR count). The first-order valence-corrected chi connectivity index (χ1v) is 9.03. The molecule has 0 radical (unpaired) electrons. The first-order chi connectivity index (χ1) is 12.7. The first kappa shape index (κ1) is 15.3. The van der Waals surface area contributed by atoms with Crippen LogP contribution in [0.5, 0.6) is 0 Å². The minimum absolute atomic E-state index is 0.142. The Hall–Kier alpha value is -3.00. The summed E-state index contributed by atoms with van der Waals surface area (Å²) in [6.07, 6.45) is 5.56. The van der Waals surface area contributed by atoms with Gasteiger partial charge < -0.3 is 5.32 Å². The van der Waals surface area contributed by atoms with Crippen molar-refractivity contribution in [3.05, 3.63) is 64.0 Å². The first-order valence-electron chi connectivity index (χ1n) is 9.03. The third kappa shape index (κ3) is 1.87. The Kier molecular flexibility index (Phi) is 3.08. The van der Waals surface area contributed by atoms with Crippen molar-refractivity contribution in [2.24, 2.45) is 4.99 Å². The molecule has 5 heteroatoms. The van der Waals surface area contributed by atoms with E-state index in [4.69, 9.17) is 0 Å². The highest BCUT2D eigenvalue weighted by atomic mass is 16.1. The summed E-state index contributed by atoms with van der Waals surface area (Å²) in [6, 6.07) is 10.1. The zero-order chi connectivity index (χ0) is 17.9. The molecule has 2 aliphatic carbocycles. The summed E-state index contributed by atoms with van der Waals surface area (Å²) in [5.41, 5.74) is 4.76. The Morgan fingerprint density at radius 3 is 2.88 bits per heavy atom. The van der Waals surface area contributed by atoms with Gasteiger partial charge in [-0.25, -0.2) is 0 Å². The number of hydrogen-bond acceptors (Lipinski definition) is 4. The number of aromatic nitrogens is 1. The van der Waals surface area contributed by atoms with Crippen LogP contribution in [0.1, 0.15) is 58.7 Å². The molecule has 1 atom stereocenters. The Morgan fingerprint density at radius 2 is 2.15 bits per heavy atom. The second-order valence-electron chi connectivity index (χ2n) is 7.29. The fourth-order valence-corrected chi connectivity index (χ4v) is 4.49. The van der Waals surface area contributed by atoms with Crippen molar-refractivity contribution in [3.63, 3.8) is 0 Å². The number of amides is 1. The summed E-state index contributed by atoms with van der Waals surface area (Å²) in [6.45, 7) is 0. The number of rotatable bonds is 1. The van der Waals surface area contributed by atoms with Crippen molar-refractivity contribution in [3.8, 4) is 6.07 Å². The van der Waals surface area contributed by atoms with Crippen molar-refractivity contribution in [1.82, 2.24) is 10.3 Å². The van der Waals surface area contributed by atoms with Crippen LogP contribution in [-0.2, 0) is 16.6 Å². The number of amidine groups is 1. The largest absolute Gasteiger partial charge is 0.372 e. The molecule has 1 aromatic heterocycles. The summed E-state index contributed by atoms with van der Waals surface area (Å²) in [5, 5.41) is 12.5. The highest BCUT2D eigenvalue weighted by Crippen LogP contribution is 2.50. The summed E-state index contributed by atoms with van der Waals surface area (Å²) in [4.78, 5) is 22.3. The molecule has 1 unspecified atom stereocenters. The number of hydrogen-bond donors (Lipinski definition) is 1. The quantitative estimate of drug-likeness (QED) is 0.864. The maximum atomic E-state index is 13.3. The minimum atomic E-state index is -0.787. The maximum absolute atomic E-state index is 13.3. The van der Waals surface area contributed by atoms with E-state index in [1.165, 1.54) is 0 Å². The number of nitrogens with one attached hydrogen (secondary N) is 1. The van der Waals surface area contributed by atoms with Crippen LogP contribution in [-0.4, -0.2) is 23.8 Å². The van der Waals surface area contributed by atoms with E-state index in [0.717, 1.165) is 47.2 Å². The molecule has 0 saturated heterocycles. The van der Waals surface area contributed by atoms with E-state index >= 15 is 0 Å². The van der Waals surface area contributed by atoms with E-state index in [2.05, 4.69) is 27.4 Å². The van der Waals surface area contributed by atoms with Crippen LogP contribution in [0.15, 0.2) is 35.5 Å². The molecule has 3 aliphatic rings. The van der Waals surface area contributed by atoms with Gasteiger partial charge >= 0.3 is 0 Å². The van der Waals surface area contributed by atoms with E-state index in [-0.39, 0.29) is 5.91 Å². The zero-order valence-corrected chi connectivity index (χ0v) is 14.5. The minimum Gasteiger partial charge on any atom is -0.372 e. The van der Waals surface area contributed by atoms with Crippen molar-refractivity contribution < 1.29 is 4.79 Å². The maximum Gasteiger partial charge on any atom is 0.262 e. The van der Waals surface area contributed by atoms with Crippen molar-refractivity contribution in [1.29, 1.82) is 5.26 Å². The van der Waals surface area contributed by atoms with Gasteiger partial charge in [-0.05, 0) is 54.5 Å². The molecule has 2 aromatic rings. The van der Waals surface area contributed by atoms with Gasteiger partial charge in [0.25, 0.3) is 5.91 Å². The van der Waals surface area contributed by atoms with Crippen LogP contribution in [0, 0.1) is 11.3 Å². The smallest absolute Gasteiger partial charge is 0.262 e. The molecule has 1 saturated carbocycles. The van der Waals surface area contributed by atoms with Crippen molar-refractivity contribution in [2.75, 3.05) is 7.05 Å². The second-order valence-corrected chi connectivity index (χ2v) is 7.29. The number of aliphatic imine (C=N–C) groups is 1. The lowest BCUT2D eigenvalue weighted by atomic mass is 9.71. The zero-order valence-electron chi connectivity index (χ0n) is 14.5. The molecule has 5 nitrogen and oxygen atoms in total. The Balaban J connectivity index is 1.80. The van der Waals surface area contributed by atoms with E-state index in [9.17, 15) is 10.1 Å².